The summed E-state index contributed by atoms with van der Waals surface area (Å²) < 4.78 is 27.5. The fraction of sp³-hybridized carbons (Fsp3) is 0.400. The van der Waals surface area contributed by atoms with Gasteiger partial charge in [-0.25, -0.2) is 13.4 Å². The van der Waals surface area contributed by atoms with Crippen LogP contribution in [-0.4, -0.2) is 68.8 Å². The van der Waals surface area contributed by atoms with Crippen molar-refractivity contribution in [1.82, 2.24) is 14.2 Å². The molecule has 1 aromatic heterocycles. The fourth-order valence-corrected chi connectivity index (χ4v) is 5.08. The maximum Gasteiger partial charge on any atom is 0.257 e. The van der Waals surface area contributed by atoms with Crippen LogP contribution in [0, 0.1) is 13.8 Å². The van der Waals surface area contributed by atoms with E-state index in [9.17, 15) is 13.2 Å². The van der Waals surface area contributed by atoms with E-state index >= 15 is 0 Å². The van der Waals surface area contributed by atoms with Gasteiger partial charge in [0.1, 0.15) is 5.82 Å². The number of hydrogen-bond donors (Lipinski definition) is 0. The van der Waals surface area contributed by atoms with Crippen LogP contribution in [0.15, 0.2) is 41.4 Å². The number of hydrogen-bond acceptors (Lipinski definition) is 5. The van der Waals surface area contributed by atoms with Gasteiger partial charge in [-0.3, -0.25) is 4.79 Å². The summed E-state index contributed by atoms with van der Waals surface area (Å²) in [7, 11) is 0.112. The molecule has 0 saturated carbocycles. The fourth-order valence-electron chi connectivity index (χ4n) is 3.45. The van der Waals surface area contributed by atoms with Gasteiger partial charge in [-0.1, -0.05) is 17.7 Å². The number of anilines is 1. The number of aromatic nitrogens is 1. The van der Waals surface area contributed by atoms with Gasteiger partial charge in [-0.2, -0.15) is 4.31 Å². The van der Waals surface area contributed by atoms with E-state index in [1.54, 1.807) is 34.2 Å². The highest BCUT2D eigenvalue weighted by Gasteiger charge is 2.32. The Balaban J connectivity index is 1.75. The maximum absolute atomic E-state index is 13.0. The maximum atomic E-state index is 13.0. The molecule has 1 saturated heterocycles. The van der Waals surface area contributed by atoms with Crippen LogP contribution in [0.3, 0.4) is 0 Å². The zero-order chi connectivity index (χ0) is 20.5. The van der Waals surface area contributed by atoms with Crippen LogP contribution in [0.25, 0.3) is 0 Å². The normalized spacial score (nSPS) is 15.5. The molecule has 1 fully saturated rings. The molecule has 2 heterocycles. The van der Waals surface area contributed by atoms with Gasteiger partial charge in [0.2, 0.25) is 10.0 Å². The second-order valence-corrected chi connectivity index (χ2v) is 9.14. The highest BCUT2D eigenvalue weighted by atomic mass is 32.2. The van der Waals surface area contributed by atoms with Crippen molar-refractivity contribution in [3.63, 3.8) is 0 Å². The molecule has 3 rings (SSSR count). The molecule has 7 nitrogen and oxygen atoms in total. The molecule has 1 aliphatic heterocycles. The van der Waals surface area contributed by atoms with Crippen LogP contribution < -0.4 is 4.90 Å². The average Bonchev–Trinajstić information content (AvgIpc) is 2.67. The monoisotopic (exact) mass is 402 g/mol. The summed E-state index contributed by atoms with van der Waals surface area (Å²) in [4.78, 5) is 21.0. The van der Waals surface area contributed by atoms with Gasteiger partial charge < -0.3 is 9.80 Å². The molecule has 1 amide bonds. The Kier molecular flexibility index (Phi) is 5.71. The lowest BCUT2D eigenvalue weighted by molar-refractivity contribution is 0.0698. The predicted octanol–water partition coefficient (Wildman–Crippen LogP) is 1.91. The Labute approximate surface area is 166 Å². The number of piperazine rings is 1. The zero-order valence-corrected chi connectivity index (χ0v) is 17.5. The quantitative estimate of drug-likeness (QED) is 0.781. The summed E-state index contributed by atoms with van der Waals surface area (Å²) in [5.74, 6) is 0.484. The number of pyridine rings is 1. The van der Waals surface area contributed by atoms with E-state index in [0.29, 0.717) is 29.4 Å². The van der Waals surface area contributed by atoms with Crippen LogP contribution in [0.4, 0.5) is 5.82 Å². The molecule has 28 heavy (non-hydrogen) atoms. The summed E-state index contributed by atoms with van der Waals surface area (Å²) in [6.45, 7) is 5.01. The lowest BCUT2D eigenvalue weighted by Crippen LogP contribution is -2.50. The van der Waals surface area contributed by atoms with Gasteiger partial charge in [0.25, 0.3) is 5.91 Å². The van der Waals surface area contributed by atoms with E-state index in [1.165, 1.54) is 4.31 Å². The Morgan fingerprint density at radius 1 is 1.07 bits per heavy atom. The molecular weight excluding hydrogens is 376 g/mol. The second kappa shape index (κ2) is 7.89. The first-order chi connectivity index (χ1) is 13.2. The first kappa shape index (κ1) is 20.3. The number of rotatable bonds is 4. The van der Waals surface area contributed by atoms with E-state index < -0.39 is 10.0 Å². The molecule has 2 aromatic rings. The minimum Gasteiger partial charge on any atom is -0.362 e. The highest BCUT2D eigenvalue weighted by Crippen LogP contribution is 2.23. The number of benzene rings is 1. The van der Waals surface area contributed by atoms with Crippen molar-refractivity contribution in [2.24, 2.45) is 0 Å². The molecule has 1 aromatic carbocycles. The Bertz CT molecular complexity index is 981. The number of aryl methyl sites for hydroxylation is 2. The third-order valence-electron chi connectivity index (χ3n) is 4.91. The van der Waals surface area contributed by atoms with Gasteiger partial charge >= 0.3 is 0 Å². The van der Waals surface area contributed by atoms with Gasteiger partial charge in [0, 0.05) is 46.5 Å². The van der Waals surface area contributed by atoms with Crippen molar-refractivity contribution in [1.29, 1.82) is 0 Å². The molecule has 150 valence electrons. The van der Waals surface area contributed by atoms with Gasteiger partial charge in [0.05, 0.1) is 10.5 Å². The van der Waals surface area contributed by atoms with E-state index in [1.807, 2.05) is 40.1 Å². The predicted molar refractivity (Wildman–Crippen MR) is 109 cm³/mol. The smallest absolute Gasteiger partial charge is 0.257 e. The number of carbonyl (C=O) groups excluding carboxylic acids is 1. The summed E-state index contributed by atoms with van der Waals surface area (Å²) >= 11 is 0. The van der Waals surface area contributed by atoms with Crippen LogP contribution in [0.1, 0.15) is 21.5 Å². The van der Waals surface area contributed by atoms with E-state index in [4.69, 9.17) is 0 Å². The SMILES string of the molecule is Cc1ccc(S(=O)(=O)N2CCN(C(=O)c3cccnc3N(C)C)CC2)c(C)c1. The lowest BCUT2D eigenvalue weighted by Gasteiger charge is -2.34. The number of carbonyl (C=O) groups is 1. The molecule has 0 atom stereocenters. The summed E-state index contributed by atoms with van der Waals surface area (Å²) in [5.41, 5.74) is 2.29. The topological polar surface area (TPSA) is 73.8 Å². The minimum atomic E-state index is -3.57. The average molecular weight is 403 g/mol. The van der Waals surface area contributed by atoms with Crippen molar-refractivity contribution in [2.75, 3.05) is 45.2 Å². The molecule has 0 unspecified atom stereocenters. The van der Waals surface area contributed by atoms with Gasteiger partial charge in [0.15, 0.2) is 0 Å². The largest absolute Gasteiger partial charge is 0.362 e. The zero-order valence-electron chi connectivity index (χ0n) is 16.7. The number of sulfonamides is 1. The van der Waals surface area contributed by atoms with Gasteiger partial charge in [-0.15, -0.1) is 0 Å². The molecule has 1 aliphatic rings. The molecule has 0 N–H and O–H groups in total. The minimum absolute atomic E-state index is 0.125. The molecule has 0 radical (unpaired) electrons. The number of nitrogens with zero attached hydrogens (tertiary/aromatic N) is 4. The summed E-state index contributed by atoms with van der Waals surface area (Å²) in [5, 5.41) is 0. The van der Waals surface area contributed by atoms with E-state index in [0.717, 1.165) is 11.1 Å². The molecular formula is C20H26N4O3S. The summed E-state index contributed by atoms with van der Waals surface area (Å²) in [6.07, 6.45) is 1.65. The molecule has 8 heteroatoms. The van der Waals surface area contributed by atoms with Crippen molar-refractivity contribution in [2.45, 2.75) is 18.7 Å². The Hall–Kier alpha value is -2.45. The van der Waals surface area contributed by atoms with E-state index in [-0.39, 0.29) is 19.0 Å². The van der Waals surface area contributed by atoms with Crippen LogP contribution in [0.2, 0.25) is 0 Å². The Morgan fingerprint density at radius 3 is 2.36 bits per heavy atom. The van der Waals surface area contributed by atoms with Gasteiger partial charge in [-0.05, 0) is 37.6 Å². The van der Waals surface area contributed by atoms with Crippen molar-refractivity contribution < 1.29 is 13.2 Å². The lowest BCUT2D eigenvalue weighted by atomic mass is 10.2. The molecule has 0 aliphatic carbocycles. The third-order valence-corrected chi connectivity index (χ3v) is 6.97. The number of amides is 1. The van der Waals surface area contributed by atoms with Crippen molar-refractivity contribution in [3.05, 3.63) is 53.2 Å². The first-order valence-electron chi connectivity index (χ1n) is 9.21. The first-order valence-corrected chi connectivity index (χ1v) is 10.6. The Morgan fingerprint density at radius 2 is 1.75 bits per heavy atom. The highest BCUT2D eigenvalue weighted by molar-refractivity contribution is 7.89. The van der Waals surface area contributed by atoms with Crippen LogP contribution >= 0.6 is 0 Å². The third kappa shape index (κ3) is 3.88. The van der Waals surface area contributed by atoms with Crippen LogP contribution in [-0.2, 0) is 10.0 Å². The second-order valence-electron chi connectivity index (χ2n) is 7.23. The molecule has 0 bridgehead atoms. The summed E-state index contributed by atoms with van der Waals surface area (Å²) in [6, 6.07) is 8.84. The van der Waals surface area contributed by atoms with Crippen LogP contribution in [0.5, 0.6) is 0 Å². The van der Waals surface area contributed by atoms with Crippen molar-refractivity contribution in [3.8, 4) is 0 Å². The molecule has 0 spiro atoms. The van der Waals surface area contributed by atoms with E-state index in [2.05, 4.69) is 4.98 Å². The van der Waals surface area contributed by atoms with Crippen molar-refractivity contribution >= 4 is 21.7 Å². The standard InChI is InChI=1S/C20H26N4O3S/c1-15-7-8-18(16(2)14-15)28(26,27)24-12-10-23(11-13-24)20(25)17-6-5-9-21-19(17)22(3)4/h5-9,14H,10-13H2,1-4H3.